The van der Waals surface area contributed by atoms with Crippen molar-refractivity contribution in [3.05, 3.63) is 0 Å². The second kappa shape index (κ2) is 6.61. The van der Waals surface area contributed by atoms with Gasteiger partial charge >= 0.3 is 5.97 Å². The van der Waals surface area contributed by atoms with Crippen LogP contribution in [0.4, 0.5) is 0 Å². The Morgan fingerprint density at radius 3 is 2.50 bits per heavy atom. The molecular formula is C22H34O4. The van der Waals surface area contributed by atoms with Gasteiger partial charge < -0.3 is 9.47 Å². The molecule has 9 atom stereocenters. The standard InChI is InChI=1S/C22H34O4/c1-12-6-5-7-16-9-17-14(3)11-22(16,26-21(17)24)19-10-18(23)15(4)20(25-19)13(2)8-12/h12-17,19-20H,5-11H2,1-4H3/t12-,13-,14+,15-,16+,17+,19-,20-,22+/m1/s1. The SMILES string of the molecule is C[C@@H]1CCC[C@H]2C[C@@H]3C(=O)O[C@]2(C[C@@H]3C)[C@H]2CC(=O)[C@@H](C)[C@H](O2)[C@H](C)C1. The van der Waals surface area contributed by atoms with E-state index in [-0.39, 0.29) is 35.8 Å². The lowest BCUT2D eigenvalue weighted by Gasteiger charge is -2.57. The van der Waals surface area contributed by atoms with E-state index < -0.39 is 5.60 Å². The first-order valence-electron chi connectivity index (χ1n) is 10.7. The molecule has 0 unspecified atom stereocenters. The van der Waals surface area contributed by atoms with E-state index in [2.05, 4.69) is 20.8 Å². The van der Waals surface area contributed by atoms with Gasteiger partial charge in [-0.3, -0.25) is 9.59 Å². The molecule has 0 aromatic rings. The molecule has 26 heavy (non-hydrogen) atoms. The summed E-state index contributed by atoms with van der Waals surface area (Å²) in [5.74, 6) is 1.88. The van der Waals surface area contributed by atoms with Crippen molar-refractivity contribution in [2.75, 3.05) is 0 Å². The molecule has 4 saturated heterocycles. The first-order chi connectivity index (χ1) is 12.3. The predicted octanol–water partition coefficient (Wildman–Crippen LogP) is 4.15. The number of rotatable bonds is 0. The van der Waals surface area contributed by atoms with E-state index in [9.17, 15) is 9.59 Å². The van der Waals surface area contributed by atoms with Crippen LogP contribution in [0.1, 0.15) is 72.6 Å². The molecular weight excluding hydrogens is 328 g/mol. The Kier molecular flexibility index (Phi) is 4.70. The largest absolute Gasteiger partial charge is 0.456 e. The highest BCUT2D eigenvalue weighted by Crippen LogP contribution is 2.55. The lowest BCUT2D eigenvalue weighted by molar-refractivity contribution is -0.259. The van der Waals surface area contributed by atoms with Crippen LogP contribution in [-0.4, -0.2) is 29.6 Å². The van der Waals surface area contributed by atoms with Crippen molar-refractivity contribution in [3.8, 4) is 0 Å². The zero-order valence-electron chi connectivity index (χ0n) is 16.7. The molecule has 5 fully saturated rings. The maximum Gasteiger partial charge on any atom is 0.309 e. The highest BCUT2D eigenvalue weighted by molar-refractivity contribution is 5.83. The lowest BCUT2D eigenvalue weighted by Crippen LogP contribution is -2.66. The van der Waals surface area contributed by atoms with E-state index >= 15 is 0 Å². The number of ketones is 1. The molecule has 5 rings (SSSR count). The quantitative estimate of drug-likeness (QED) is 0.607. The van der Waals surface area contributed by atoms with Crippen LogP contribution in [0, 0.1) is 35.5 Å². The van der Waals surface area contributed by atoms with E-state index in [1.54, 1.807) is 0 Å². The molecule has 4 aliphatic heterocycles. The summed E-state index contributed by atoms with van der Waals surface area (Å²) in [6, 6.07) is 0. The van der Waals surface area contributed by atoms with Crippen LogP contribution in [0.25, 0.3) is 0 Å². The lowest BCUT2D eigenvalue weighted by atomic mass is 9.59. The summed E-state index contributed by atoms with van der Waals surface area (Å²) < 4.78 is 12.8. The number of fused-ring (bicyclic) bond motifs is 4. The Labute approximate surface area is 157 Å². The van der Waals surface area contributed by atoms with Crippen molar-refractivity contribution in [1.29, 1.82) is 0 Å². The molecule has 4 heterocycles. The average Bonchev–Trinajstić information content (AvgIpc) is 2.58. The summed E-state index contributed by atoms with van der Waals surface area (Å²) >= 11 is 0. The summed E-state index contributed by atoms with van der Waals surface area (Å²) in [5, 5.41) is 0. The Bertz CT molecular complexity index is 587. The van der Waals surface area contributed by atoms with E-state index in [0.717, 1.165) is 25.7 Å². The maximum absolute atomic E-state index is 12.9. The summed E-state index contributed by atoms with van der Waals surface area (Å²) in [5.41, 5.74) is -0.577. The summed E-state index contributed by atoms with van der Waals surface area (Å²) in [6.45, 7) is 8.74. The number of carbonyl (C=O) groups excluding carboxylic acids is 2. The van der Waals surface area contributed by atoms with Crippen LogP contribution in [0.2, 0.25) is 0 Å². The molecule has 4 nitrogen and oxygen atoms in total. The fourth-order valence-corrected chi connectivity index (χ4v) is 6.51. The summed E-state index contributed by atoms with van der Waals surface area (Å²) in [4.78, 5) is 25.5. The monoisotopic (exact) mass is 362 g/mol. The van der Waals surface area contributed by atoms with E-state index in [4.69, 9.17) is 9.47 Å². The number of ether oxygens (including phenoxy) is 2. The van der Waals surface area contributed by atoms with Crippen LogP contribution < -0.4 is 0 Å². The number of Topliss-reactive ketones (excluding diaryl/α,β-unsaturated/α-hetero) is 1. The van der Waals surface area contributed by atoms with Crippen molar-refractivity contribution in [2.45, 2.75) is 90.4 Å². The second-order valence-electron chi connectivity index (χ2n) is 9.89. The van der Waals surface area contributed by atoms with Gasteiger partial charge in [-0.05, 0) is 43.4 Å². The highest BCUT2D eigenvalue weighted by Gasteiger charge is 2.62. The minimum Gasteiger partial charge on any atom is -0.456 e. The van der Waals surface area contributed by atoms with Gasteiger partial charge in [0.15, 0.2) is 0 Å². The first kappa shape index (κ1) is 18.5. The van der Waals surface area contributed by atoms with Crippen LogP contribution in [0.3, 0.4) is 0 Å². The predicted molar refractivity (Wildman–Crippen MR) is 98.4 cm³/mol. The third kappa shape index (κ3) is 2.83. The molecule has 0 aromatic heterocycles. The van der Waals surface area contributed by atoms with Crippen LogP contribution in [0.15, 0.2) is 0 Å². The van der Waals surface area contributed by atoms with Crippen molar-refractivity contribution in [1.82, 2.24) is 0 Å². The minimum absolute atomic E-state index is 0.0392. The van der Waals surface area contributed by atoms with Gasteiger partial charge in [-0.2, -0.15) is 0 Å². The molecule has 0 amide bonds. The van der Waals surface area contributed by atoms with Crippen molar-refractivity contribution < 1.29 is 19.1 Å². The first-order valence-corrected chi connectivity index (χ1v) is 10.7. The Morgan fingerprint density at radius 1 is 1.00 bits per heavy atom. The van der Waals surface area contributed by atoms with Gasteiger partial charge in [0.25, 0.3) is 0 Å². The summed E-state index contributed by atoms with van der Waals surface area (Å²) in [6.07, 6.45) is 6.45. The molecule has 1 saturated carbocycles. The number of carbonyl (C=O) groups is 2. The minimum atomic E-state index is -0.577. The van der Waals surface area contributed by atoms with Gasteiger partial charge in [0.1, 0.15) is 17.5 Å². The Morgan fingerprint density at radius 2 is 1.77 bits per heavy atom. The van der Waals surface area contributed by atoms with Crippen molar-refractivity contribution in [3.63, 3.8) is 0 Å². The second-order valence-corrected chi connectivity index (χ2v) is 9.89. The molecule has 0 radical (unpaired) electrons. The third-order valence-electron chi connectivity index (χ3n) is 7.99. The zero-order valence-corrected chi connectivity index (χ0v) is 16.7. The van der Waals surface area contributed by atoms with Crippen LogP contribution >= 0.6 is 0 Å². The van der Waals surface area contributed by atoms with Gasteiger partial charge in [0.05, 0.1) is 12.0 Å². The maximum atomic E-state index is 12.9. The number of hydrogen-bond acceptors (Lipinski definition) is 4. The van der Waals surface area contributed by atoms with Gasteiger partial charge in [-0.1, -0.05) is 40.5 Å². The Balaban J connectivity index is 1.73. The van der Waals surface area contributed by atoms with Gasteiger partial charge in [0, 0.05) is 18.3 Å². The molecule has 1 aliphatic carbocycles. The molecule has 0 aromatic carbocycles. The van der Waals surface area contributed by atoms with Crippen molar-refractivity contribution in [2.24, 2.45) is 35.5 Å². The van der Waals surface area contributed by atoms with E-state index in [1.165, 1.54) is 12.8 Å². The van der Waals surface area contributed by atoms with Gasteiger partial charge in [-0.15, -0.1) is 0 Å². The molecule has 4 bridgehead atoms. The average molecular weight is 363 g/mol. The van der Waals surface area contributed by atoms with Crippen LogP contribution in [-0.2, 0) is 19.1 Å². The van der Waals surface area contributed by atoms with Gasteiger partial charge in [-0.25, -0.2) is 0 Å². The smallest absolute Gasteiger partial charge is 0.309 e. The number of hydrogen-bond donors (Lipinski definition) is 0. The molecule has 5 aliphatic rings. The van der Waals surface area contributed by atoms with Crippen molar-refractivity contribution >= 4 is 11.8 Å². The zero-order chi connectivity index (χ0) is 18.6. The fraction of sp³-hybridized carbons (Fsp3) is 0.909. The van der Waals surface area contributed by atoms with E-state index in [0.29, 0.717) is 30.1 Å². The fourth-order valence-electron chi connectivity index (χ4n) is 6.51. The molecule has 4 heteroatoms. The molecule has 1 spiro atoms. The van der Waals surface area contributed by atoms with Gasteiger partial charge in [0.2, 0.25) is 0 Å². The third-order valence-corrected chi connectivity index (χ3v) is 7.99. The molecule has 0 N–H and O–H groups in total. The van der Waals surface area contributed by atoms with Crippen LogP contribution in [0.5, 0.6) is 0 Å². The highest BCUT2D eigenvalue weighted by atomic mass is 16.6. The summed E-state index contributed by atoms with van der Waals surface area (Å²) in [7, 11) is 0. The normalized spacial score (nSPS) is 52.0. The Hall–Kier alpha value is -0.900. The number of esters is 1. The van der Waals surface area contributed by atoms with E-state index in [1.807, 2.05) is 6.92 Å². The topological polar surface area (TPSA) is 52.6 Å². The molecule has 146 valence electrons.